The molecule has 0 saturated heterocycles. The van der Waals surface area contributed by atoms with Crippen molar-refractivity contribution in [1.82, 2.24) is 0 Å². The molecular weight excluding hydrogens is 346 g/mol. The van der Waals surface area contributed by atoms with Gasteiger partial charge in [0.1, 0.15) is 18.0 Å². The molecule has 8 nitrogen and oxygen atoms in total. The molecule has 0 amide bonds. The maximum absolute atomic E-state index is 11.3. The van der Waals surface area contributed by atoms with Crippen LogP contribution < -0.4 is 15.2 Å². The zero-order chi connectivity index (χ0) is 18.6. The molecule has 0 aromatic heterocycles. The van der Waals surface area contributed by atoms with Crippen LogP contribution in [0, 0.1) is 17.0 Å². The van der Waals surface area contributed by atoms with Gasteiger partial charge in [-0.25, -0.2) is 13.6 Å². The average molecular weight is 365 g/mol. The highest BCUT2D eigenvalue weighted by Gasteiger charge is 2.20. The van der Waals surface area contributed by atoms with Crippen LogP contribution in [0.25, 0.3) is 0 Å². The SMILES string of the molecule is Cc1cccc(OCC(C)Nc2ccc(S(N)(=O)=O)cc2[N+](=O)[O-])c1. The van der Waals surface area contributed by atoms with Crippen LogP contribution >= 0.6 is 0 Å². The van der Waals surface area contributed by atoms with Gasteiger partial charge < -0.3 is 10.1 Å². The van der Waals surface area contributed by atoms with Crippen molar-refractivity contribution < 1.29 is 18.1 Å². The lowest BCUT2D eigenvalue weighted by atomic mass is 10.2. The molecule has 0 aliphatic rings. The fourth-order valence-electron chi connectivity index (χ4n) is 2.20. The number of hydrogen-bond acceptors (Lipinski definition) is 6. The van der Waals surface area contributed by atoms with Gasteiger partial charge in [-0.3, -0.25) is 10.1 Å². The summed E-state index contributed by atoms with van der Waals surface area (Å²) in [6.07, 6.45) is 0. The number of aryl methyl sites for hydroxylation is 1. The van der Waals surface area contributed by atoms with Crippen molar-refractivity contribution in [3.05, 3.63) is 58.1 Å². The Hall–Kier alpha value is -2.65. The maximum atomic E-state index is 11.3. The molecule has 0 bridgehead atoms. The summed E-state index contributed by atoms with van der Waals surface area (Å²) < 4.78 is 28.3. The molecule has 1 unspecified atom stereocenters. The summed E-state index contributed by atoms with van der Waals surface area (Å²) in [5.41, 5.74) is 0.888. The molecule has 2 rings (SSSR count). The first-order valence-corrected chi connectivity index (χ1v) is 8.98. The van der Waals surface area contributed by atoms with E-state index >= 15 is 0 Å². The molecule has 0 saturated carbocycles. The molecule has 0 spiro atoms. The third-order valence-electron chi connectivity index (χ3n) is 3.39. The number of nitrogens with one attached hydrogen (secondary N) is 1. The second-order valence-electron chi connectivity index (χ2n) is 5.65. The van der Waals surface area contributed by atoms with Crippen molar-refractivity contribution in [2.24, 2.45) is 5.14 Å². The quantitative estimate of drug-likeness (QED) is 0.573. The molecular formula is C16H19N3O5S. The molecule has 0 fully saturated rings. The Kier molecular flexibility index (Phi) is 5.60. The highest BCUT2D eigenvalue weighted by Crippen LogP contribution is 2.27. The van der Waals surface area contributed by atoms with Gasteiger partial charge in [0.25, 0.3) is 5.69 Å². The van der Waals surface area contributed by atoms with Crippen molar-refractivity contribution in [3.8, 4) is 5.75 Å². The summed E-state index contributed by atoms with van der Waals surface area (Å²) in [5.74, 6) is 0.702. The van der Waals surface area contributed by atoms with Gasteiger partial charge in [0, 0.05) is 6.07 Å². The van der Waals surface area contributed by atoms with Gasteiger partial charge in [-0.15, -0.1) is 0 Å². The van der Waals surface area contributed by atoms with E-state index in [1.54, 1.807) is 6.92 Å². The second kappa shape index (κ2) is 7.49. The lowest BCUT2D eigenvalue weighted by Gasteiger charge is -2.16. The van der Waals surface area contributed by atoms with E-state index in [1.165, 1.54) is 12.1 Å². The minimum atomic E-state index is -4.01. The van der Waals surface area contributed by atoms with Gasteiger partial charge in [-0.2, -0.15) is 0 Å². The lowest BCUT2D eigenvalue weighted by Crippen LogP contribution is -2.24. The number of rotatable bonds is 7. The van der Waals surface area contributed by atoms with Gasteiger partial charge in [-0.05, 0) is 43.7 Å². The highest BCUT2D eigenvalue weighted by molar-refractivity contribution is 7.89. The van der Waals surface area contributed by atoms with Gasteiger partial charge in [0.05, 0.1) is 15.9 Å². The van der Waals surface area contributed by atoms with Crippen LogP contribution in [0.1, 0.15) is 12.5 Å². The van der Waals surface area contributed by atoms with Crippen molar-refractivity contribution in [2.45, 2.75) is 24.8 Å². The predicted molar refractivity (Wildman–Crippen MR) is 94.2 cm³/mol. The van der Waals surface area contributed by atoms with Crippen molar-refractivity contribution >= 4 is 21.4 Å². The third kappa shape index (κ3) is 5.16. The Morgan fingerprint density at radius 2 is 2.00 bits per heavy atom. The van der Waals surface area contributed by atoms with Crippen LogP contribution in [0.2, 0.25) is 0 Å². The fourth-order valence-corrected chi connectivity index (χ4v) is 2.73. The molecule has 2 aromatic rings. The largest absolute Gasteiger partial charge is 0.491 e. The monoisotopic (exact) mass is 365 g/mol. The molecule has 25 heavy (non-hydrogen) atoms. The highest BCUT2D eigenvalue weighted by atomic mass is 32.2. The van der Waals surface area contributed by atoms with Crippen LogP contribution in [-0.2, 0) is 10.0 Å². The first-order valence-electron chi connectivity index (χ1n) is 7.44. The minimum absolute atomic E-state index is 0.192. The molecule has 3 N–H and O–H groups in total. The number of nitro groups is 1. The molecule has 0 aliphatic heterocycles. The summed E-state index contributed by atoms with van der Waals surface area (Å²) in [6, 6.07) is 10.8. The fraction of sp³-hybridized carbons (Fsp3) is 0.250. The summed E-state index contributed by atoms with van der Waals surface area (Å²) in [5, 5.41) is 19.2. The molecule has 0 radical (unpaired) electrons. The Bertz CT molecular complexity index is 883. The standard InChI is InChI=1S/C16H19N3O5S/c1-11-4-3-5-13(8-11)24-10-12(2)18-15-7-6-14(25(17,22)23)9-16(15)19(20)21/h3-9,12,18H,10H2,1-2H3,(H2,17,22,23). The Morgan fingerprint density at radius 3 is 2.60 bits per heavy atom. The molecule has 1 atom stereocenters. The van der Waals surface area contributed by atoms with Crippen molar-refractivity contribution in [2.75, 3.05) is 11.9 Å². The van der Waals surface area contributed by atoms with Gasteiger partial charge in [0.2, 0.25) is 10.0 Å². The maximum Gasteiger partial charge on any atom is 0.293 e. The minimum Gasteiger partial charge on any atom is -0.491 e. The summed E-state index contributed by atoms with van der Waals surface area (Å²) in [6.45, 7) is 4.02. The number of primary sulfonamides is 1. The van der Waals surface area contributed by atoms with Crippen molar-refractivity contribution in [1.29, 1.82) is 0 Å². The molecule has 9 heteroatoms. The van der Waals surface area contributed by atoms with Crippen LogP contribution in [-0.4, -0.2) is 26.0 Å². The Balaban J connectivity index is 2.11. The first-order chi connectivity index (χ1) is 11.7. The second-order valence-corrected chi connectivity index (χ2v) is 7.22. The smallest absolute Gasteiger partial charge is 0.293 e. The summed E-state index contributed by atoms with van der Waals surface area (Å²) >= 11 is 0. The molecule has 0 heterocycles. The van der Waals surface area contributed by atoms with E-state index in [1.807, 2.05) is 31.2 Å². The average Bonchev–Trinajstić information content (AvgIpc) is 2.52. The van der Waals surface area contributed by atoms with E-state index in [9.17, 15) is 18.5 Å². The summed E-state index contributed by atoms with van der Waals surface area (Å²) in [4.78, 5) is 10.2. The Morgan fingerprint density at radius 1 is 1.28 bits per heavy atom. The van der Waals surface area contributed by atoms with Gasteiger partial charge >= 0.3 is 0 Å². The van der Waals surface area contributed by atoms with Crippen LogP contribution in [0.15, 0.2) is 47.4 Å². The molecule has 0 aliphatic carbocycles. The van der Waals surface area contributed by atoms with E-state index in [0.29, 0.717) is 5.75 Å². The number of nitrogens with zero attached hydrogens (tertiary/aromatic N) is 1. The zero-order valence-corrected chi connectivity index (χ0v) is 14.6. The Labute approximate surface area is 145 Å². The lowest BCUT2D eigenvalue weighted by molar-refractivity contribution is -0.384. The van der Waals surface area contributed by atoms with Crippen LogP contribution in [0.4, 0.5) is 11.4 Å². The summed E-state index contributed by atoms with van der Waals surface area (Å²) in [7, 11) is -4.01. The number of anilines is 1. The number of ether oxygens (including phenoxy) is 1. The number of nitrogens with two attached hydrogens (primary N) is 1. The van der Waals surface area contributed by atoms with Gasteiger partial charge in [0.15, 0.2) is 0 Å². The number of sulfonamides is 1. The molecule has 134 valence electrons. The van der Waals surface area contributed by atoms with E-state index in [2.05, 4.69) is 5.32 Å². The van der Waals surface area contributed by atoms with Gasteiger partial charge in [-0.1, -0.05) is 12.1 Å². The topological polar surface area (TPSA) is 125 Å². The zero-order valence-electron chi connectivity index (χ0n) is 13.8. The van der Waals surface area contributed by atoms with E-state index in [-0.39, 0.29) is 28.9 Å². The third-order valence-corrected chi connectivity index (χ3v) is 4.30. The number of hydrogen-bond donors (Lipinski definition) is 2. The predicted octanol–water partition coefficient (Wildman–Crippen LogP) is 2.43. The van der Waals surface area contributed by atoms with E-state index in [0.717, 1.165) is 11.6 Å². The van der Waals surface area contributed by atoms with E-state index in [4.69, 9.17) is 9.88 Å². The van der Waals surface area contributed by atoms with Crippen molar-refractivity contribution in [3.63, 3.8) is 0 Å². The number of nitro benzene ring substituents is 1. The van der Waals surface area contributed by atoms with Crippen LogP contribution in [0.5, 0.6) is 5.75 Å². The normalized spacial score (nSPS) is 12.4. The molecule has 2 aromatic carbocycles. The first kappa shape index (κ1) is 18.7. The number of benzene rings is 2. The van der Waals surface area contributed by atoms with E-state index < -0.39 is 14.9 Å². The van der Waals surface area contributed by atoms with Crippen LogP contribution in [0.3, 0.4) is 0 Å².